The summed E-state index contributed by atoms with van der Waals surface area (Å²) in [5.41, 5.74) is 0.924. The van der Waals surface area contributed by atoms with E-state index in [1.54, 1.807) is 35.9 Å². The minimum atomic E-state index is -3.43. The van der Waals surface area contributed by atoms with Crippen LogP contribution in [0.15, 0.2) is 21.7 Å². The van der Waals surface area contributed by atoms with Gasteiger partial charge in [-0.1, -0.05) is 13.0 Å². The van der Waals surface area contributed by atoms with Gasteiger partial charge in [0.05, 0.1) is 16.7 Å². The summed E-state index contributed by atoms with van der Waals surface area (Å²) < 4.78 is 26.8. The van der Waals surface area contributed by atoms with E-state index >= 15 is 0 Å². The van der Waals surface area contributed by atoms with Crippen molar-refractivity contribution in [3.05, 3.63) is 33.1 Å². The van der Waals surface area contributed by atoms with Crippen LogP contribution in [-0.2, 0) is 16.4 Å². The lowest BCUT2D eigenvalue weighted by atomic mass is 10.2. The van der Waals surface area contributed by atoms with Crippen LogP contribution in [0.4, 0.5) is 0 Å². The molecule has 2 heterocycles. The van der Waals surface area contributed by atoms with Gasteiger partial charge in [0, 0.05) is 11.9 Å². The maximum absolute atomic E-state index is 12.5. The van der Waals surface area contributed by atoms with E-state index in [1.807, 2.05) is 13.8 Å². The Bertz CT molecular complexity index is 675. The summed E-state index contributed by atoms with van der Waals surface area (Å²) in [6.45, 7) is 5.90. The van der Waals surface area contributed by atoms with Crippen molar-refractivity contribution >= 4 is 32.7 Å². The molecule has 2 aromatic rings. The van der Waals surface area contributed by atoms with Crippen LogP contribution >= 0.6 is 22.7 Å². The summed E-state index contributed by atoms with van der Waals surface area (Å²) in [5.74, 6) is 0. The van der Waals surface area contributed by atoms with Crippen LogP contribution in [0.5, 0.6) is 0 Å². The van der Waals surface area contributed by atoms with Crippen molar-refractivity contribution in [1.82, 2.24) is 9.29 Å². The highest BCUT2D eigenvalue weighted by Crippen LogP contribution is 2.32. The maximum atomic E-state index is 12.5. The molecule has 0 N–H and O–H groups in total. The van der Waals surface area contributed by atoms with Crippen LogP contribution in [0.25, 0.3) is 0 Å². The van der Waals surface area contributed by atoms with E-state index in [1.165, 1.54) is 15.6 Å². The Morgan fingerprint density at radius 2 is 2.15 bits per heavy atom. The van der Waals surface area contributed by atoms with E-state index in [0.717, 1.165) is 22.0 Å². The molecule has 0 aliphatic heterocycles. The summed E-state index contributed by atoms with van der Waals surface area (Å²) in [6, 6.07) is 3.18. The lowest BCUT2D eigenvalue weighted by Gasteiger charge is -2.23. The first-order valence-electron chi connectivity index (χ1n) is 6.35. The molecule has 2 aromatic heterocycles. The van der Waals surface area contributed by atoms with Crippen LogP contribution in [0.2, 0.25) is 0 Å². The molecule has 0 bridgehead atoms. The van der Waals surface area contributed by atoms with Gasteiger partial charge in [-0.25, -0.2) is 13.4 Å². The number of thiophene rings is 1. The minimum absolute atomic E-state index is 0.208. The highest BCUT2D eigenvalue weighted by atomic mass is 32.2. The molecule has 0 radical (unpaired) electrons. The topological polar surface area (TPSA) is 50.3 Å². The van der Waals surface area contributed by atoms with Crippen molar-refractivity contribution < 1.29 is 8.42 Å². The average Bonchev–Trinajstić information content (AvgIpc) is 3.06. The Labute approximate surface area is 128 Å². The first-order chi connectivity index (χ1) is 9.37. The lowest BCUT2D eigenvalue weighted by Crippen LogP contribution is -2.29. The van der Waals surface area contributed by atoms with Gasteiger partial charge in [-0.15, -0.1) is 22.7 Å². The Balaban J connectivity index is 2.33. The standard InChI is InChI=1S/C13H18N2O2S3/c1-5-11-14-9(2)13(19-11)10(3)15(4)20(16,17)12-7-6-8-18-12/h6-8,10H,5H2,1-4H3/t10-/m1/s1. The van der Waals surface area contributed by atoms with Crippen molar-refractivity contribution in [2.75, 3.05) is 7.05 Å². The Morgan fingerprint density at radius 3 is 2.65 bits per heavy atom. The van der Waals surface area contributed by atoms with Crippen molar-refractivity contribution in [2.24, 2.45) is 0 Å². The van der Waals surface area contributed by atoms with E-state index in [0.29, 0.717) is 4.21 Å². The van der Waals surface area contributed by atoms with E-state index in [9.17, 15) is 8.42 Å². The van der Waals surface area contributed by atoms with E-state index in [2.05, 4.69) is 11.9 Å². The summed E-state index contributed by atoms with van der Waals surface area (Å²) in [4.78, 5) is 5.50. The molecule has 0 aliphatic carbocycles. The number of nitrogens with zero attached hydrogens (tertiary/aromatic N) is 2. The first-order valence-corrected chi connectivity index (χ1v) is 9.49. The van der Waals surface area contributed by atoms with Gasteiger partial charge in [0.25, 0.3) is 10.0 Å². The van der Waals surface area contributed by atoms with Gasteiger partial charge in [0.15, 0.2) is 0 Å². The number of hydrogen-bond acceptors (Lipinski definition) is 5. The molecule has 0 aromatic carbocycles. The van der Waals surface area contributed by atoms with Crippen LogP contribution in [0, 0.1) is 6.92 Å². The number of aromatic nitrogens is 1. The average molecular weight is 330 g/mol. The Hall–Kier alpha value is -0.760. The number of rotatable bonds is 5. The largest absolute Gasteiger partial charge is 0.252 e. The number of hydrogen-bond donors (Lipinski definition) is 0. The van der Waals surface area contributed by atoms with Crippen LogP contribution < -0.4 is 0 Å². The molecule has 0 saturated heterocycles. The summed E-state index contributed by atoms with van der Waals surface area (Å²) >= 11 is 2.84. The number of sulfonamides is 1. The molecule has 0 spiro atoms. The molecule has 2 rings (SSSR count). The second-order valence-corrected chi connectivity index (χ2v) is 8.83. The highest BCUT2D eigenvalue weighted by molar-refractivity contribution is 7.91. The second kappa shape index (κ2) is 5.93. The molecule has 0 fully saturated rings. The summed E-state index contributed by atoms with van der Waals surface area (Å²) in [6.07, 6.45) is 0.875. The quantitative estimate of drug-likeness (QED) is 0.843. The fourth-order valence-corrected chi connectivity index (χ4v) is 5.61. The van der Waals surface area contributed by atoms with Gasteiger partial charge in [-0.05, 0) is 31.7 Å². The Morgan fingerprint density at radius 1 is 1.45 bits per heavy atom. The van der Waals surface area contributed by atoms with E-state index in [-0.39, 0.29) is 6.04 Å². The molecule has 0 unspecified atom stereocenters. The minimum Gasteiger partial charge on any atom is -0.246 e. The third-order valence-electron chi connectivity index (χ3n) is 3.23. The lowest BCUT2D eigenvalue weighted by molar-refractivity contribution is 0.402. The summed E-state index contributed by atoms with van der Waals surface area (Å²) in [5, 5.41) is 2.82. The first kappa shape index (κ1) is 15.6. The zero-order valence-corrected chi connectivity index (χ0v) is 14.4. The van der Waals surface area contributed by atoms with Gasteiger partial charge in [0.2, 0.25) is 0 Å². The highest BCUT2D eigenvalue weighted by Gasteiger charge is 2.29. The molecule has 0 aliphatic rings. The number of thiazole rings is 1. The van der Waals surface area contributed by atoms with Crippen molar-refractivity contribution in [3.8, 4) is 0 Å². The zero-order valence-electron chi connectivity index (χ0n) is 12.0. The third kappa shape index (κ3) is 2.81. The van der Waals surface area contributed by atoms with E-state index in [4.69, 9.17) is 0 Å². The van der Waals surface area contributed by atoms with Crippen molar-refractivity contribution in [3.63, 3.8) is 0 Å². The molecule has 0 saturated carbocycles. The van der Waals surface area contributed by atoms with Crippen LogP contribution in [0.3, 0.4) is 0 Å². The monoisotopic (exact) mass is 330 g/mol. The van der Waals surface area contributed by atoms with Crippen LogP contribution in [-0.4, -0.2) is 24.8 Å². The molecule has 4 nitrogen and oxygen atoms in total. The Kier molecular flexibility index (Phi) is 4.63. The predicted molar refractivity (Wildman–Crippen MR) is 83.9 cm³/mol. The van der Waals surface area contributed by atoms with Gasteiger partial charge in [0.1, 0.15) is 4.21 Å². The molecule has 7 heteroatoms. The van der Waals surface area contributed by atoms with Gasteiger partial charge < -0.3 is 0 Å². The third-order valence-corrected chi connectivity index (χ3v) is 8.01. The van der Waals surface area contributed by atoms with E-state index < -0.39 is 10.0 Å². The fraction of sp³-hybridized carbons (Fsp3) is 0.462. The zero-order chi connectivity index (χ0) is 14.9. The molecule has 1 atom stereocenters. The van der Waals surface area contributed by atoms with Gasteiger partial charge in [-0.3, -0.25) is 0 Å². The number of aryl methyl sites for hydroxylation is 2. The second-order valence-electron chi connectivity index (χ2n) is 4.54. The molecule has 110 valence electrons. The SMILES string of the molecule is CCc1nc(C)c([C@@H](C)N(C)S(=O)(=O)c2cccs2)s1. The van der Waals surface area contributed by atoms with Gasteiger partial charge in [-0.2, -0.15) is 4.31 Å². The molecular weight excluding hydrogens is 312 g/mol. The maximum Gasteiger partial charge on any atom is 0.252 e. The molecular formula is C13H18N2O2S3. The normalized spacial score (nSPS) is 13.8. The fourth-order valence-electron chi connectivity index (χ4n) is 1.93. The van der Waals surface area contributed by atoms with Crippen molar-refractivity contribution in [1.29, 1.82) is 0 Å². The van der Waals surface area contributed by atoms with Crippen LogP contribution in [0.1, 0.15) is 35.5 Å². The smallest absolute Gasteiger partial charge is 0.246 e. The van der Waals surface area contributed by atoms with Crippen molar-refractivity contribution in [2.45, 2.75) is 37.4 Å². The summed E-state index contributed by atoms with van der Waals surface area (Å²) in [7, 11) is -1.80. The molecule has 20 heavy (non-hydrogen) atoms. The van der Waals surface area contributed by atoms with Gasteiger partial charge >= 0.3 is 0 Å². The predicted octanol–water partition coefficient (Wildman–Crippen LogP) is 3.46. The molecule has 0 amide bonds.